The highest BCUT2D eigenvalue weighted by Gasteiger charge is 2.35. The van der Waals surface area contributed by atoms with Crippen LogP contribution in [-0.4, -0.2) is 57.6 Å². The van der Waals surface area contributed by atoms with Crippen molar-refractivity contribution >= 4 is 11.7 Å². The van der Waals surface area contributed by atoms with Gasteiger partial charge in [0.25, 0.3) is 5.91 Å². The lowest BCUT2D eigenvalue weighted by atomic mass is 10.0. The number of amides is 1. The van der Waals surface area contributed by atoms with Crippen LogP contribution in [0, 0.1) is 0 Å². The maximum absolute atomic E-state index is 13.7. The molecule has 186 valence electrons. The molecule has 4 aromatic heterocycles. The Morgan fingerprint density at radius 3 is 2.81 bits per heavy atom. The number of aliphatic hydroxyl groups is 1. The molecule has 1 saturated carbocycles. The van der Waals surface area contributed by atoms with Crippen LogP contribution in [0.5, 0.6) is 0 Å². The molecule has 36 heavy (non-hydrogen) atoms. The van der Waals surface area contributed by atoms with Crippen molar-refractivity contribution in [3.05, 3.63) is 54.1 Å². The van der Waals surface area contributed by atoms with Crippen LogP contribution in [0.25, 0.3) is 22.6 Å². The Hall–Kier alpha value is -4.20. The maximum atomic E-state index is 13.7. The number of pyridine rings is 2. The number of nitrogens with zero attached hydrogens (tertiary/aromatic N) is 8. The summed E-state index contributed by atoms with van der Waals surface area (Å²) >= 11 is 0. The van der Waals surface area contributed by atoms with Gasteiger partial charge in [0.05, 0.1) is 30.5 Å². The number of halogens is 3. The molecule has 14 heteroatoms. The Morgan fingerprint density at radius 2 is 2.08 bits per heavy atom. The van der Waals surface area contributed by atoms with Crippen LogP contribution in [0.2, 0.25) is 0 Å². The molecule has 2 N–H and O–H groups in total. The molecule has 0 aromatic carbocycles. The van der Waals surface area contributed by atoms with Crippen LogP contribution in [-0.2, 0) is 6.18 Å². The van der Waals surface area contributed by atoms with Gasteiger partial charge in [0.2, 0.25) is 5.82 Å². The number of carbonyl (C=O) groups is 1. The monoisotopic (exact) mass is 499 g/mol. The van der Waals surface area contributed by atoms with Gasteiger partial charge in [-0.25, -0.2) is 9.67 Å². The molecule has 1 fully saturated rings. The van der Waals surface area contributed by atoms with Crippen molar-refractivity contribution < 1.29 is 23.1 Å². The van der Waals surface area contributed by atoms with Crippen LogP contribution >= 0.6 is 0 Å². The standard InChI is InChI=1S/C22H20F3N9O2/c1-12(11-35)34-20(30-31-32-34)17-3-2-4-19(28-17)29-21(36)18-7-15(16(9-26-18)22(23,24)25)13-8-27-33(10-13)14-5-6-14/h2-4,7-10,12,14,35H,5-6,11H2,1H3,(H,28,29,36). The van der Waals surface area contributed by atoms with E-state index in [9.17, 15) is 23.1 Å². The van der Waals surface area contributed by atoms with Crippen molar-refractivity contribution in [2.75, 3.05) is 11.9 Å². The summed E-state index contributed by atoms with van der Waals surface area (Å²) in [5, 5.41) is 27.5. The molecule has 1 atom stereocenters. The highest BCUT2D eigenvalue weighted by Crippen LogP contribution is 2.39. The molecule has 4 heterocycles. The molecule has 0 bridgehead atoms. The second-order valence-corrected chi connectivity index (χ2v) is 8.39. The summed E-state index contributed by atoms with van der Waals surface area (Å²) in [6, 6.07) is 5.62. The Labute approximate surface area is 202 Å². The predicted octanol–water partition coefficient (Wildman–Crippen LogP) is 3.15. The van der Waals surface area contributed by atoms with Gasteiger partial charge in [-0.05, 0) is 48.4 Å². The van der Waals surface area contributed by atoms with Gasteiger partial charge >= 0.3 is 6.18 Å². The first kappa shape index (κ1) is 23.5. The van der Waals surface area contributed by atoms with Gasteiger partial charge in [0, 0.05) is 23.5 Å². The number of nitrogens with one attached hydrogen (secondary N) is 1. The fourth-order valence-electron chi connectivity index (χ4n) is 3.61. The average Bonchev–Trinajstić information content (AvgIpc) is 3.38. The number of hydrogen-bond donors (Lipinski definition) is 2. The minimum absolute atomic E-state index is 0.119. The fraction of sp³-hybridized carbons (Fsp3) is 0.318. The maximum Gasteiger partial charge on any atom is 0.418 e. The van der Waals surface area contributed by atoms with E-state index < -0.39 is 23.7 Å². The molecular formula is C22H20F3N9O2. The zero-order valence-electron chi connectivity index (χ0n) is 18.9. The van der Waals surface area contributed by atoms with Gasteiger partial charge in [0.15, 0.2) is 0 Å². The SMILES string of the molecule is CC(CO)n1nnnc1-c1cccc(NC(=O)c2cc(-c3cnn(C4CC4)c3)c(C(F)(F)F)cn2)n1. The molecule has 0 saturated heterocycles. The summed E-state index contributed by atoms with van der Waals surface area (Å²) in [5.74, 6) is -0.351. The molecule has 1 amide bonds. The first-order valence-corrected chi connectivity index (χ1v) is 11.0. The number of anilines is 1. The van der Waals surface area contributed by atoms with Crippen LogP contribution in [0.15, 0.2) is 42.9 Å². The van der Waals surface area contributed by atoms with E-state index in [1.54, 1.807) is 29.9 Å². The fourth-order valence-corrected chi connectivity index (χ4v) is 3.61. The summed E-state index contributed by atoms with van der Waals surface area (Å²) in [4.78, 5) is 21.0. The van der Waals surface area contributed by atoms with Crippen molar-refractivity contribution in [3.8, 4) is 22.6 Å². The summed E-state index contributed by atoms with van der Waals surface area (Å²) in [6.45, 7) is 1.52. The Kier molecular flexibility index (Phi) is 5.96. The van der Waals surface area contributed by atoms with Gasteiger partial charge in [-0.1, -0.05) is 6.07 Å². The van der Waals surface area contributed by atoms with E-state index in [1.807, 2.05) is 0 Å². The number of hydrogen-bond acceptors (Lipinski definition) is 8. The number of tetrazole rings is 1. The number of rotatable bonds is 7. The van der Waals surface area contributed by atoms with E-state index in [1.165, 1.54) is 16.9 Å². The summed E-state index contributed by atoms with van der Waals surface area (Å²) in [6.07, 6.45) is 0.737. The first-order valence-electron chi connectivity index (χ1n) is 11.0. The summed E-state index contributed by atoms with van der Waals surface area (Å²) in [5.41, 5.74) is -0.793. The highest BCUT2D eigenvalue weighted by molar-refractivity contribution is 6.03. The molecule has 4 aromatic rings. The lowest BCUT2D eigenvalue weighted by molar-refractivity contribution is -0.137. The van der Waals surface area contributed by atoms with Crippen molar-refractivity contribution in [1.82, 2.24) is 40.0 Å². The molecule has 0 radical (unpaired) electrons. The van der Waals surface area contributed by atoms with E-state index in [0.717, 1.165) is 18.9 Å². The zero-order valence-corrected chi connectivity index (χ0v) is 18.9. The molecule has 5 rings (SSSR count). The van der Waals surface area contributed by atoms with Crippen molar-refractivity contribution in [2.45, 2.75) is 38.0 Å². The average molecular weight is 499 g/mol. The minimum Gasteiger partial charge on any atom is -0.394 e. The molecule has 1 unspecified atom stereocenters. The number of aromatic nitrogens is 8. The molecule has 11 nitrogen and oxygen atoms in total. The zero-order chi connectivity index (χ0) is 25.4. The molecular weight excluding hydrogens is 479 g/mol. The number of carbonyl (C=O) groups excluding carboxylic acids is 1. The van der Waals surface area contributed by atoms with E-state index in [-0.39, 0.29) is 41.1 Å². The Balaban J connectivity index is 1.43. The molecule has 1 aliphatic rings. The Morgan fingerprint density at radius 1 is 1.28 bits per heavy atom. The summed E-state index contributed by atoms with van der Waals surface area (Å²) < 4.78 is 44.0. The lowest BCUT2D eigenvalue weighted by Crippen LogP contribution is -2.17. The van der Waals surface area contributed by atoms with Gasteiger partial charge < -0.3 is 10.4 Å². The van der Waals surface area contributed by atoms with Crippen molar-refractivity contribution in [1.29, 1.82) is 0 Å². The topological polar surface area (TPSA) is 137 Å². The molecule has 0 aliphatic heterocycles. The highest BCUT2D eigenvalue weighted by atomic mass is 19.4. The van der Waals surface area contributed by atoms with E-state index in [0.29, 0.717) is 11.9 Å². The molecule has 0 spiro atoms. The minimum atomic E-state index is -4.66. The normalized spacial score (nSPS) is 14.6. The smallest absolute Gasteiger partial charge is 0.394 e. The largest absolute Gasteiger partial charge is 0.418 e. The first-order chi connectivity index (χ1) is 17.2. The predicted molar refractivity (Wildman–Crippen MR) is 120 cm³/mol. The third-order valence-electron chi connectivity index (χ3n) is 5.67. The Bertz CT molecular complexity index is 1410. The third kappa shape index (κ3) is 4.66. The van der Waals surface area contributed by atoms with Gasteiger partial charge in [-0.3, -0.25) is 14.5 Å². The van der Waals surface area contributed by atoms with Crippen LogP contribution in [0.3, 0.4) is 0 Å². The lowest BCUT2D eigenvalue weighted by Gasteiger charge is -2.13. The van der Waals surface area contributed by atoms with Gasteiger partial charge in [0.1, 0.15) is 17.2 Å². The van der Waals surface area contributed by atoms with Gasteiger partial charge in [-0.2, -0.15) is 18.3 Å². The van der Waals surface area contributed by atoms with Crippen LogP contribution in [0.4, 0.5) is 19.0 Å². The molecule has 1 aliphatic carbocycles. The quantitative estimate of drug-likeness (QED) is 0.396. The number of alkyl halides is 3. The second-order valence-electron chi connectivity index (χ2n) is 8.39. The van der Waals surface area contributed by atoms with Gasteiger partial charge in [-0.15, -0.1) is 5.10 Å². The van der Waals surface area contributed by atoms with E-state index >= 15 is 0 Å². The van der Waals surface area contributed by atoms with E-state index in [2.05, 4.69) is 35.9 Å². The van der Waals surface area contributed by atoms with Crippen molar-refractivity contribution in [3.63, 3.8) is 0 Å². The number of aliphatic hydroxyl groups excluding tert-OH is 1. The van der Waals surface area contributed by atoms with E-state index in [4.69, 9.17) is 0 Å². The van der Waals surface area contributed by atoms with Crippen molar-refractivity contribution in [2.24, 2.45) is 0 Å². The summed E-state index contributed by atoms with van der Waals surface area (Å²) in [7, 11) is 0. The van der Waals surface area contributed by atoms with Crippen LogP contribution < -0.4 is 5.32 Å². The second kappa shape index (κ2) is 9.11. The van der Waals surface area contributed by atoms with Crippen LogP contribution in [0.1, 0.15) is 47.9 Å². The third-order valence-corrected chi connectivity index (χ3v) is 5.67.